The smallest absolute Gasteiger partial charge is 0.220 e. The molecule has 0 aliphatic rings. The van der Waals surface area contributed by atoms with Crippen LogP contribution in [0, 0.1) is 11.3 Å². The van der Waals surface area contributed by atoms with Gasteiger partial charge in [-0.25, -0.2) is 0 Å². The molecule has 0 radical (unpaired) electrons. The lowest BCUT2D eigenvalue weighted by Crippen LogP contribution is -2.25. The first kappa shape index (κ1) is 20.3. The van der Waals surface area contributed by atoms with Crippen molar-refractivity contribution in [3.05, 3.63) is 47.9 Å². The molecule has 7 heteroatoms. The highest BCUT2D eigenvalue weighted by Gasteiger charge is 2.06. The van der Waals surface area contributed by atoms with Gasteiger partial charge in [0.1, 0.15) is 12.4 Å². The minimum Gasteiger partial charge on any atom is -0.493 e. The molecule has 0 aliphatic carbocycles. The Morgan fingerprint density at radius 3 is 2.85 bits per heavy atom. The lowest BCUT2D eigenvalue weighted by Gasteiger charge is -2.11. The summed E-state index contributed by atoms with van der Waals surface area (Å²) in [5.74, 6) is 1.84. The van der Waals surface area contributed by atoms with Gasteiger partial charge in [0.25, 0.3) is 0 Å². The summed E-state index contributed by atoms with van der Waals surface area (Å²) in [5.41, 5.74) is 0.506. The van der Waals surface area contributed by atoms with E-state index in [0.717, 1.165) is 12.2 Å². The van der Waals surface area contributed by atoms with E-state index in [4.69, 9.17) is 23.9 Å². The Morgan fingerprint density at radius 1 is 1.22 bits per heavy atom. The molecule has 0 spiro atoms. The molecule has 7 nitrogen and oxygen atoms in total. The van der Waals surface area contributed by atoms with Crippen LogP contribution in [0.2, 0.25) is 0 Å². The second-order valence-electron chi connectivity index (χ2n) is 5.76. The van der Waals surface area contributed by atoms with Crippen molar-refractivity contribution in [2.45, 2.75) is 25.9 Å². The van der Waals surface area contributed by atoms with E-state index >= 15 is 0 Å². The molecule has 0 unspecified atom stereocenters. The predicted octanol–water partition coefficient (Wildman–Crippen LogP) is 3.04. The van der Waals surface area contributed by atoms with Crippen LogP contribution < -0.4 is 14.8 Å². The van der Waals surface area contributed by atoms with Crippen molar-refractivity contribution in [2.24, 2.45) is 0 Å². The number of furan rings is 1. The van der Waals surface area contributed by atoms with Crippen LogP contribution in [-0.2, 0) is 16.1 Å². The molecule has 0 bridgehead atoms. The molecule has 1 N–H and O–H groups in total. The van der Waals surface area contributed by atoms with E-state index in [1.165, 1.54) is 7.11 Å². The first-order chi connectivity index (χ1) is 13.2. The summed E-state index contributed by atoms with van der Waals surface area (Å²) < 4.78 is 21.4. The molecule has 0 atom stereocenters. The first-order valence-electron chi connectivity index (χ1n) is 8.80. The van der Waals surface area contributed by atoms with Crippen LogP contribution in [0.3, 0.4) is 0 Å². The molecule has 0 aliphatic heterocycles. The highest BCUT2D eigenvalue weighted by atomic mass is 16.5. The van der Waals surface area contributed by atoms with E-state index in [0.29, 0.717) is 56.3 Å². The molecular formula is C20H24N2O5. The van der Waals surface area contributed by atoms with Gasteiger partial charge in [0.15, 0.2) is 11.5 Å². The van der Waals surface area contributed by atoms with Crippen LogP contribution in [0.1, 0.15) is 30.6 Å². The van der Waals surface area contributed by atoms with Crippen LogP contribution in [0.5, 0.6) is 11.5 Å². The highest BCUT2D eigenvalue weighted by Crippen LogP contribution is 2.27. The van der Waals surface area contributed by atoms with Crippen molar-refractivity contribution in [2.75, 3.05) is 26.9 Å². The molecule has 1 amide bonds. The molecule has 2 aromatic rings. The fourth-order valence-electron chi connectivity index (χ4n) is 2.33. The van der Waals surface area contributed by atoms with Crippen molar-refractivity contribution in [1.29, 1.82) is 5.26 Å². The monoisotopic (exact) mass is 372 g/mol. The summed E-state index contributed by atoms with van der Waals surface area (Å²) in [5, 5.41) is 11.7. The van der Waals surface area contributed by atoms with E-state index in [-0.39, 0.29) is 5.91 Å². The van der Waals surface area contributed by atoms with Crippen LogP contribution in [0.25, 0.3) is 0 Å². The number of rotatable bonds is 12. The summed E-state index contributed by atoms with van der Waals surface area (Å²) >= 11 is 0. The number of methoxy groups -OCH3 is 1. The normalized spacial score (nSPS) is 10.2. The van der Waals surface area contributed by atoms with Crippen molar-refractivity contribution in [3.8, 4) is 17.6 Å². The van der Waals surface area contributed by atoms with Gasteiger partial charge in [0.05, 0.1) is 31.6 Å². The van der Waals surface area contributed by atoms with Gasteiger partial charge in [-0.1, -0.05) is 0 Å². The number of amides is 1. The maximum atomic E-state index is 11.8. The van der Waals surface area contributed by atoms with Gasteiger partial charge in [-0.2, -0.15) is 5.26 Å². The Morgan fingerprint density at radius 2 is 2.11 bits per heavy atom. The standard InChI is InChI=1S/C20H24N2O5/c1-24-19-13-16(14-21)7-8-18(19)27-12-3-6-20(23)22-9-4-10-25-15-17-5-2-11-26-17/h2,5,7-8,11,13H,3-4,6,9-10,12,15H2,1H3,(H,22,23). The SMILES string of the molecule is COc1cc(C#N)ccc1OCCCC(=O)NCCCOCc1ccco1. The zero-order valence-corrected chi connectivity index (χ0v) is 15.4. The van der Waals surface area contributed by atoms with Gasteiger partial charge < -0.3 is 23.9 Å². The Kier molecular flexibility index (Phi) is 8.74. The van der Waals surface area contributed by atoms with E-state index in [2.05, 4.69) is 5.32 Å². The molecule has 1 aromatic carbocycles. The second kappa shape index (κ2) is 11.6. The van der Waals surface area contributed by atoms with Crippen molar-refractivity contribution in [1.82, 2.24) is 5.32 Å². The Hall–Kier alpha value is -2.98. The maximum absolute atomic E-state index is 11.8. The largest absolute Gasteiger partial charge is 0.493 e. The fourth-order valence-corrected chi connectivity index (χ4v) is 2.33. The minimum atomic E-state index is -0.0172. The summed E-state index contributed by atoms with van der Waals surface area (Å²) in [7, 11) is 1.52. The number of nitriles is 1. The molecular weight excluding hydrogens is 348 g/mol. The van der Waals surface area contributed by atoms with E-state index < -0.39 is 0 Å². The van der Waals surface area contributed by atoms with Crippen molar-refractivity contribution >= 4 is 5.91 Å². The Balaban J connectivity index is 1.52. The van der Waals surface area contributed by atoms with Gasteiger partial charge in [-0.05, 0) is 37.1 Å². The van der Waals surface area contributed by atoms with Gasteiger partial charge in [0, 0.05) is 25.6 Å². The van der Waals surface area contributed by atoms with Crippen LogP contribution in [0.15, 0.2) is 41.0 Å². The number of carbonyl (C=O) groups is 1. The number of nitrogens with one attached hydrogen (secondary N) is 1. The Labute approximate surface area is 158 Å². The second-order valence-corrected chi connectivity index (χ2v) is 5.76. The maximum Gasteiger partial charge on any atom is 0.220 e. The first-order valence-corrected chi connectivity index (χ1v) is 8.80. The number of carbonyl (C=O) groups excluding carboxylic acids is 1. The zero-order valence-electron chi connectivity index (χ0n) is 15.4. The Bertz CT molecular complexity index is 737. The fraction of sp³-hybridized carbons (Fsp3) is 0.400. The molecule has 1 heterocycles. The zero-order chi connectivity index (χ0) is 19.3. The number of hydrogen-bond acceptors (Lipinski definition) is 6. The van der Waals surface area contributed by atoms with Crippen LogP contribution in [0.4, 0.5) is 0 Å². The predicted molar refractivity (Wildman–Crippen MR) is 98.4 cm³/mol. The topological polar surface area (TPSA) is 93.7 Å². The number of benzene rings is 1. The number of ether oxygens (including phenoxy) is 3. The van der Waals surface area contributed by atoms with Gasteiger partial charge >= 0.3 is 0 Å². The van der Waals surface area contributed by atoms with Crippen molar-refractivity contribution in [3.63, 3.8) is 0 Å². The van der Waals surface area contributed by atoms with Crippen LogP contribution in [-0.4, -0.2) is 32.8 Å². The average molecular weight is 372 g/mol. The van der Waals surface area contributed by atoms with Gasteiger partial charge in [-0.15, -0.1) is 0 Å². The van der Waals surface area contributed by atoms with Gasteiger partial charge in [-0.3, -0.25) is 4.79 Å². The van der Waals surface area contributed by atoms with E-state index in [1.54, 1.807) is 24.5 Å². The molecule has 0 saturated carbocycles. The van der Waals surface area contributed by atoms with E-state index in [1.807, 2.05) is 18.2 Å². The highest BCUT2D eigenvalue weighted by molar-refractivity contribution is 5.75. The summed E-state index contributed by atoms with van der Waals surface area (Å²) in [6.07, 6.45) is 3.32. The molecule has 0 fully saturated rings. The third-order valence-corrected chi connectivity index (χ3v) is 3.71. The third-order valence-electron chi connectivity index (χ3n) is 3.71. The molecule has 0 saturated heterocycles. The summed E-state index contributed by atoms with van der Waals surface area (Å²) in [6.45, 7) is 1.96. The van der Waals surface area contributed by atoms with E-state index in [9.17, 15) is 4.79 Å². The lowest BCUT2D eigenvalue weighted by atomic mass is 10.2. The molecule has 27 heavy (non-hydrogen) atoms. The molecule has 2 rings (SSSR count). The molecule has 144 valence electrons. The lowest BCUT2D eigenvalue weighted by molar-refractivity contribution is -0.121. The number of nitrogens with zero attached hydrogens (tertiary/aromatic N) is 1. The summed E-state index contributed by atoms with van der Waals surface area (Å²) in [4.78, 5) is 11.8. The van der Waals surface area contributed by atoms with Crippen molar-refractivity contribution < 1.29 is 23.4 Å². The molecule has 1 aromatic heterocycles. The number of hydrogen-bond donors (Lipinski definition) is 1. The van der Waals surface area contributed by atoms with Gasteiger partial charge in [0.2, 0.25) is 5.91 Å². The third kappa shape index (κ3) is 7.42. The summed E-state index contributed by atoms with van der Waals surface area (Å²) in [6, 6.07) is 10.7. The average Bonchev–Trinajstić information content (AvgIpc) is 3.21. The minimum absolute atomic E-state index is 0.0172. The van der Waals surface area contributed by atoms with Crippen LogP contribution >= 0.6 is 0 Å². The quantitative estimate of drug-likeness (QED) is 0.576.